The lowest BCUT2D eigenvalue weighted by Crippen LogP contribution is -1.75. The Labute approximate surface area is 116 Å². The van der Waals surface area contributed by atoms with Gasteiger partial charge in [0.1, 0.15) is 0 Å². The fourth-order valence-electron chi connectivity index (χ4n) is 2.13. The zero-order chi connectivity index (χ0) is 12.9. The molecule has 92 valence electrons. The highest BCUT2D eigenvalue weighted by Gasteiger charge is 1.97. The standard InChI is InChI=1S/C14H10.C3H3NS/c1-3-7-13-11(5-1)9-10-12-6-2-4-8-14(12)13;1-2-5-3-4-1/h1-10H;1-3H. The van der Waals surface area contributed by atoms with Crippen molar-refractivity contribution in [2.24, 2.45) is 0 Å². The van der Waals surface area contributed by atoms with Crippen molar-refractivity contribution in [2.75, 3.05) is 0 Å². The van der Waals surface area contributed by atoms with Gasteiger partial charge in [-0.2, -0.15) is 0 Å². The van der Waals surface area contributed by atoms with Crippen LogP contribution in [0.25, 0.3) is 21.5 Å². The SMILES string of the molecule is c1ccc2c(c1)ccc1ccccc12.c1cscn1. The van der Waals surface area contributed by atoms with E-state index < -0.39 is 0 Å². The van der Waals surface area contributed by atoms with Gasteiger partial charge < -0.3 is 0 Å². The maximum absolute atomic E-state index is 3.74. The van der Waals surface area contributed by atoms with E-state index in [1.165, 1.54) is 21.5 Å². The quantitative estimate of drug-likeness (QED) is 0.400. The Morgan fingerprint density at radius 3 is 1.68 bits per heavy atom. The van der Waals surface area contributed by atoms with Crippen LogP contribution in [0.3, 0.4) is 0 Å². The second kappa shape index (κ2) is 5.63. The van der Waals surface area contributed by atoms with Crippen LogP contribution in [0.2, 0.25) is 0 Å². The summed E-state index contributed by atoms with van der Waals surface area (Å²) in [6, 6.07) is 21.4. The fraction of sp³-hybridized carbons (Fsp3) is 0. The number of benzene rings is 3. The molecule has 0 saturated heterocycles. The van der Waals surface area contributed by atoms with Gasteiger partial charge in [-0.3, -0.25) is 4.98 Å². The first-order valence-electron chi connectivity index (χ1n) is 6.14. The van der Waals surface area contributed by atoms with Gasteiger partial charge in [0.05, 0.1) is 5.51 Å². The smallest absolute Gasteiger partial charge is 0.0791 e. The maximum Gasteiger partial charge on any atom is 0.0791 e. The molecule has 2 heteroatoms. The Balaban J connectivity index is 0.000000187. The third kappa shape index (κ3) is 2.64. The van der Waals surface area contributed by atoms with Gasteiger partial charge in [0.2, 0.25) is 0 Å². The number of hydrogen-bond donors (Lipinski definition) is 0. The molecule has 0 bridgehead atoms. The molecule has 1 aromatic heterocycles. The van der Waals surface area contributed by atoms with E-state index in [0.717, 1.165) is 0 Å². The molecule has 0 fully saturated rings. The third-order valence-electron chi connectivity index (χ3n) is 3.00. The summed E-state index contributed by atoms with van der Waals surface area (Å²) in [6.07, 6.45) is 1.77. The molecule has 0 aliphatic heterocycles. The summed E-state index contributed by atoms with van der Waals surface area (Å²) in [4.78, 5) is 3.74. The van der Waals surface area contributed by atoms with E-state index in [2.05, 4.69) is 65.6 Å². The molecule has 1 nitrogen and oxygen atoms in total. The van der Waals surface area contributed by atoms with E-state index in [4.69, 9.17) is 0 Å². The van der Waals surface area contributed by atoms with Gasteiger partial charge in [-0.1, -0.05) is 60.7 Å². The number of thiazole rings is 1. The third-order valence-corrected chi connectivity index (χ3v) is 3.52. The second-order valence-corrected chi connectivity index (χ2v) is 4.94. The molecule has 0 atom stereocenters. The van der Waals surface area contributed by atoms with Gasteiger partial charge in [-0.15, -0.1) is 11.3 Å². The lowest BCUT2D eigenvalue weighted by Gasteiger charge is -2.02. The van der Waals surface area contributed by atoms with E-state index in [1.54, 1.807) is 23.0 Å². The van der Waals surface area contributed by atoms with Crippen LogP contribution in [0.1, 0.15) is 0 Å². The Morgan fingerprint density at radius 1 is 0.684 bits per heavy atom. The highest BCUT2D eigenvalue weighted by atomic mass is 32.1. The van der Waals surface area contributed by atoms with Crippen molar-refractivity contribution in [3.8, 4) is 0 Å². The summed E-state index contributed by atoms with van der Waals surface area (Å²) in [5.74, 6) is 0. The van der Waals surface area contributed by atoms with Crippen LogP contribution in [-0.4, -0.2) is 4.98 Å². The van der Waals surface area contributed by atoms with Crippen LogP contribution in [0.15, 0.2) is 77.8 Å². The van der Waals surface area contributed by atoms with Crippen molar-refractivity contribution in [1.82, 2.24) is 4.98 Å². The Hall–Kier alpha value is -2.19. The highest BCUT2D eigenvalue weighted by Crippen LogP contribution is 2.24. The molecule has 0 aliphatic carbocycles. The normalized spacial score (nSPS) is 10.1. The first-order chi connectivity index (χ1) is 9.45. The lowest BCUT2D eigenvalue weighted by atomic mass is 10.0. The monoisotopic (exact) mass is 263 g/mol. The number of nitrogens with zero attached hydrogens (tertiary/aromatic N) is 1. The van der Waals surface area contributed by atoms with Crippen LogP contribution in [-0.2, 0) is 0 Å². The van der Waals surface area contributed by atoms with Crippen LogP contribution in [0, 0.1) is 0 Å². The summed E-state index contributed by atoms with van der Waals surface area (Å²) in [5, 5.41) is 7.23. The molecule has 0 radical (unpaired) electrons. The summed E-state index contributed by atoms with van der Waals surface area (Å²) in [5.41, 5.74) is 1.79. The zero-order valence-electron chi connectivity index (χ0n) is 10.4. The van der Waals surface area contributed by atoms with E-state index in [-0.39, 0.29) is 0 Å². The van der Waals surface area contributed by atoms with Gasteiger partial charge in [0.25, 0.3) is 0 Å². The predicted molar refractivity (Wildman–Crippen MR) is 83.6 cm³/mol. The van der Waals surface area contributed by atoms with Crippen molar-refractivity contribution in [2.45, 2.75) is 0 Å². The number of aromatic nitrogens is 1. The predicted octanol–water partition coefficient (Wildman–Crippen LogP) is 5.14. The first kappa shape index (κ1) is 11.9. The average Bonchev–Trinajstić information content (AvgIpc) is 3.07. The molecule has 4 rings (SSSR count). The van der Waals surface area contributed by atoms with Gasteiger partial charge in [-0.05, 0) is 21.5 Å². The Morgan fingerprint density at radius 2 is 1.26 bits per heavy atom. The lowest BCUT2D eigenvalue weighted by molar-refractivity contribution is 1.43. The maximum atomic E-state index is 3.74. The molecule has 0 spiro atoms. The van der Waals surface area contributed by atoms with Crippen LogP contribution in [0.5, 0.6) is 0 Å². The molecule has 19 heavy (non-hydrogen) atoms. The molecular formula is C17H13NS. The topological polar surface area (TPSA) is 12.9 Å². The van der Waals surface area contributed by atoms with Crippen molar-refractivity contribution in [3.05, 3.63) is 77.8 Å². The first-order valence-corrected chi connectivity index (χ1v) is 7.08. The van der Waals surface area contributed by atoms with Crippen LogP contribution in [0.4, 0.5) is 0 Å². The summed E-state index contributed by atoms with van der Waals surface area (Å²) < 4.78 is 0. The minimum absolute atomic E-state index is 1.31. The second-order valence-electron chi connectivity index (χ2n) is 4.18. The van der Waals surface area contributed by atoms with E-state index in [9.17, 15) is 0 Å². The van der Waals surface area contributed by atoms with Crippen LogP contribution < -0.4 is 0 Å². The van der Waals surface area contributed by atoms with Crippen molar-refractivity contribution in [3.63, 3.8) is 0 Å². The molecular weight excluding hydrogens is 250 g/mol. The van der Waals surface area contributed by atoms with Crippen molar-refractivity contribution >= 4 is 32.9 Å². The minimum atomic E-state index is 1.31. The number of hydrogen-bond acceptors (Lipinski definition) is 2. The Kier molecular flexibility index (Phi) is 3.52. The number of rotatable bonds is 0. The summed E-state index contributed by atoms with van der Waals surface area (Å²) >= 11 is 1.60. The van der Waals surface area contributed by atoms with Gasteiger partial charge in [-0.25, -0.2) is 0 Å². The molecule has 1 heterocycles. The molecule has 0 N–H and O–H groups in total. The van der Waals surface area contributed by atoms with E-state index in [0.29, 0.717) is 0 Å². The minimum Gasteiger partial charge on any atom is -0.253 e. The summed E-state index contributed by atoms with van der Waals surface area (Å²) in [6.45, 7) is 0. The summed E-state index contributed by atoms with van der Waals surface area (Å²) in [7, 11) is 0. The fourth-order valence-corrected chi connectivity index (χ4v) is 2.48. The molecule has 0 amide bonds. The van der Waals surface area contributed by atoms with Crippen molar-refractivity contribution < 1.29 is 0 Å². The van der Waals surface area contributed by atoms with E-state index in [1.807, 2.05) is 5.38 Å². The largest absolute Gasteiger partial charge is 0.253 e. The van der Waals surface area contributed by atoms with Crippen LogP contribution >= 0.6 is 11.3 Å². The van der Waals surface area contributed by atoms with Crippen molar-refractivity contribution in [1.29, 1.82) is 0 Å². The van der Waals surface area contributed by atoms with Gasteiger partial charge >= 0.3 is 0 Å². The number of fused-ring (bicyclic) bond motifs is 3. The molecule has 0 aliphatic rings. The Bertz CT molecular complexity index is 703. The zero-order valence-corrected chi connectivity index (χ0v) is 11.2. The van der Waals surface area contributed by atoms with E-state index >= 15 is 0 Å². The van der Waals surface area contributed by atoms with Gasteiger partial charge in [0.15, 0.2) is 0 Å². The molecule has 0 saturated carbocycles. The molecule has 3 aromatic carbocycles. The highest BCUT2D eigenvalue weighted by molar-refractivity contribution is 7.07. The average molecular weight is 263 g/mol. The van der Waals surface area contributed by atoms with Gasteiger partial charge in [0, 0.05) is 11.6 Å². The molecule has 4 aromatic rings. The molecule has 0 unspecified atom stereocenters.